The van der Waals surface area contributed by atoms with Crippen LogP contribution in [-0.4, -0.2) is 18.9 Å². The zero-order chi connectivity index (χ0) is 13.0. The Morgan fingerprint density at radius 1 is 1.39 bits per heavy atom. The first-order valence-electron chi connectivity index (χ1n) is 6.67. The molecule has 0 bridgehead atoms. The molecule has 0 atom stereocenters. The van der Waals surface area contributed by atoms with Gasteiger partial charge >= 0.3 is 0 Å². The maximum Gasteiger partial charge on any atom is 0.162 e. The van der Waals surface area contributed by atoms with Gasteiger partial charge in [-0.1, -0.05) is 23.7 Å². The standard InChI is InChI=1S/C15H20ClNO/c1-11-2-4-13(10-14(11)16)15(18)5-3-12-6-8-17-9-7-12/h2,4,10,12,17H,3,5-9H2,1H3. The molecule has 0 radical (unpaired) electrons. The van der Waals surface area contributed by atoms with Crippen molar-refractivity contribution in [1.29, 1.82) is 0 Å². The highest BCUT2D eigenvalue weighted by Gasteiger charge is 2.15. The molecule has 2 rings (SSSR count). The smallest absolute Gasteiger partial charge is 0.162 e. The van der Waals surface area contributed by atoms with E-state index >= 15 is 0 Å². The lowest BCUT2D eigenvalue weighted by Crippen LogP contribution is -2.27. The Morgan fingerprint density at radius 2 is 2.11 bits per heavy atom. The summed E-state index contributed by atoms with van der Waals surface area (Å²) in [6.07, 6.45) is 4.04. The molecule has 18 heavy (non-hydrogen) atoms. The molecular formula is C15H20ClNO. The molecule has 1 heterocycles. The molecule has 1 aromatic carbocycles. The summed E-state index contributed by atoms with van der Waals surface area (Å²) in [6.45, 7) is 4.13. The molecule has 1 fully saturated rings. The van der Waals surface area contributed by atoms with Crippen LogP contribution < -0.4 is 5.32 Å². The molecular weight excluding hydrogens is 246 g/mol. The van der Waals surface area contributed by atoms with Crippen LogP contribution in [-0.2, 0) is 0 Å². The van der Waals surface area contributed by atoms with Crippen molar-refractivity contribution in [1.82, 2.24) is 5.32 Å². The van der Waals surface area contributed by atoms with Crippen LogP contribution >= 0.6 is 11.6 Å². The lowest BCUT2D eigenvalue weighted by atomic mass is 9.91. The maximum atomic E-state index is 12.1. The number of ketones is 1. The minimum atomic E-state index is 0.218. The van der Waals surface area contributed by atoms with E-state index in [2.05, 4.69) is 5.32 Å². The molecule has 1 saturated heterocycles. The van der Waals surface area contributed by atoms with Crippen LogP contribution in [0.2, 0.25) is 5.02 Å². The van der Waals surface area contributed by atoms with Gasteiger partial charge in [0.15, 0.2) is 5.78 Å². The lowest BCUT2D eigenvalue weighted by Gasteiger charge is -2.22. The minimum Gasteiger partial charge on any atom is -0.317 e. The summed E-state index contributed by atoms with van der Waals surface area (Å²) in [6, 6.07) is 5.59. The summed E-state index contributed by atoms with van der Waals surface area (Å²) in [4.78, 5) is 12.1. The third kappa shape index (κ3) is 3.56. The predicted octanol–water partition coefficient (Wildman–Crippen LogP) is 3.61. The molecule has 1 aliphatic heterocycles. The molecule has 1 aliphatic rings. The molecule has 0 aromatic heterocycles. The van der Waals surface area contributed by atoms with E-state index in [1.54, 1.807) is 6.07 Å². The molecule has 0 amide bonds. The van der Waals surface area contributed by atoms with Gasteiger partial charge < -0.3 is 5.32 Å². The highest BCUT2D eigenvalue weighted by molar-refractivity contribution is 6.31. The lowest BCUT2D eigenvalue weighted by molar-refractivity contribution is 0.0971. The van der Waals surface area contributed by atoms with Gasteiger partial charge in [-0.15, -0.1) is 0 Å². The Kier molecular flexibility index (Phi) is 4.79. The number of halogens is 1. The third-order valence-corrected chi connectivity index (χ3v) is 4.14. The SMILES string of the molecule is Cc1ccc(C(=O)CCC2CCNCC2)cc1Cl. The topological polar surface area (TPSA) is 29.1 Å². The Morgan fingerprint density at radius 3 is 2.78 bits per heavy atom. The van der Waals surface area contributed by atoms with Gasteiger partial charge in [0.2, 0.25) is 0 Å². The maximum absolute atomic E-state index is 12.1. The minimum absolute atomic E-state index is 0.218. The highest BCUT2D eigenvalue weighted by Crippen LogP contribution is 2.21. The van der Waals surface area contributed by atoms with Crippen molar-refractivity contribution in [3.8, 4) is 0 Å². The van der Waals surface area contributed by atoms with Gasteiger partial charge in [-0.25, -0.2) is 0 Å². The summed E-state index contributed by atoms with van der Waals surface area (Å²) in [5.41, 5.74) is 1.77. The second-order valence-electron chi connectivity index (χ2n) is 5.12. The number of carbonyl (C=O) groups excluding carboxylic acids is 1. The molecule has 98 valence electrons. The number of Topliss-reactive ketones (excluding diaryl/α,β-unsaturated/α-hetero) is 1. The van der Waals surface area contributed by atoms with E-state index in [0.29, 0.717) is 17.4 Å². The zero-order valence-corrected chi connectivity index (χ0v) is 11.6. The average Bonchev–Trinajstić information content (AvgIpc) is 2.40. The second-order valence-corrected chi connectivity index (χ2v) is 5.53. The normalized spacial score (nSPS) is 16.8. The quantitative estimate of drug-likeness (QED) is 0.843. The van der Waals surface area contributed by atoms with Crippen molar-refractivity contribution < 1.29 is 4.79 Å². The van der Waals surface area contributed by atoms with Crippen molar-refractivity contribution in [2.75, 3.05) is 13.1 Å². The first-order valence-corrected chi connectivity index (χ1v) is 7.04. The Bertz CT molecular complexity index is 425. The van der Waals surface area contributed by atoms with E-state index < -0.39 is 0 Å². The second kappa shape index (κ2) is 6.35. The fraction of sp³-hybridized carbons (Fsp3) is 0.533. The molecule has 0 unspecified atom stereocenters. The Labute approximate surface area is 114 Å². The van der Waals surface area contributed by atoms with Gasteiger partial charge in [0.1, 0.15) is 0 Å². The van der Waals surface area contributed by atoms with Gasteiger partial charge in [-0.2, -0.15) is 0 Å². The average molecular weight is 266 g/mol. The largest absolute Gasteiger partial charge is 0.317 e. The number of nitrogens with one attached hydrogen (secondary N) is 1. The summed E-state index contributed by atoms with van der Waals surface area (Å²) in [5, 5.41) is 4.03. The molecule has 1 aromatic rings. The molecule has 1 N–H and O–H groups in total. The molecule has 0 aliphatic carbocycles. The first-order chi connectivity index (χ1) is 8.66. The van der Waals surface area contributed by atoms with E-state index in [1.165, 1.54) is 12.8 Å². The van der Waals surface area contributed by atoms with E-state index in [-0.39, 0.29) is 5.78 Å². The first kappa shape index (κ1) is 13.6. The number of carbonyl (C=O) groups is 1. The number of aryl methyl sites for hydroxylation is 1. The number of hydrogen-bond acceptors (Lipinski definition) is 2. The van der Waals surface area contributed by atoms with Crippen LogP contribution in [0.15, 0.2) is 18.2 Å². The predicted molar refractivity (Wildman–Crippen MR) is 75.3 cm³/mol. The highest BCUT2D eigenvalue weighted by atomic mass is 35.5. The van der Waals surface area contributed by atoms with Crippen molar-refractivity contribution >= 4 is 17.4 Å². The number of benzene rings is 1. The number of rotatable bonds is 4. The molecule has 0 saturated carbocycles. The van der Waals surface area contributed by atoms with Crippen molar-refractivity contribution in [3.05, 3.63) is 34.3 Å². The fourth-order valence-corrected chi connectivity index (χ4v) is 2.60. The van der Waals surface area contributed by atoms with E-state index in [4.69, 9.17) is 11.6 Å². The Hall–Kier alpha value is -0.860. The van der Waals surface area contributed by atoms with Crippen LogP contribution in [0, 0.1) is 12.8 Å². The zero-order valence-electron chi connectivity index (χ0n) is 10.8. The van der Waals surface area contributed by atoms with E-state index in [9.17, 15) is 4.79 Å². The van der Waals surface area contributed by atoms with Crippen LogP contribution in [0.5, 0.6) is 0 Å². The third-order valence-electron chi connectivity index (χ3n) is 3.73. The van der Waals surface area contributed by atoms with Gasteiger partial charge in [0, 0.05) is 17.0 Å². The van der Waals surface area contributed by atoms with Crippen LogP contribution in [0.4, 0.5) is 0 Å². The van der Waals surface area contributed by atoms with Crippen LogP contribution in [0.1, 0.15) is 41.6 Å². The van der Waals surface area contributed by atoms with Crippen LogP contribution in [0.25, 0.3) is 0 Å². The van der Waals surface area contributed by atoms with Gasteiger partial charge in [-0.3, -0.25) is 4.79 Å². The summed E-state index contributed by atoms with van der Waals surface area (Å²) >= 11 is 6.05. The van der Waals surface area contributed by atoms with Crippen LogP contribution in [0.3, 0.4) is 0 Å². The summed E-state index contributed by atoms with van der Waals surface area (Å²) in [7, 11) is 0. The van der Waals surface area contributed by atoms with Gasteiger partial charge in [-0.05, 0) is 56.8 Å². The van der Waals surface area contributed by atoms with Crippen molar-refractivity contribution in [3.63, 3.8) is 0 Å². The Balaban J connectivity index is 1.88. The monoisotopic (exact) mass is 265 g/mol. The number of hydrogen-bond donors (Lipinski definition) is 1. The number of piperidine rings is 1. The van der Waals surface area contributed by atoms with Crippen molar-refractivity contribution in [2.45, 2.75) is 32.6 Å². The van der Waals surface area contributed by atoms with E-state index in [0.717, 1.165) is 30.6 Å². The van der Waals surface area contributed by atoms with Gasteiger partial charge in [0.05, 0.1) is 0 Å². The summed E-state index contributed by atoms with van der Waals surface area (Å²) in [5.74, 6) is 0.923. The molecule has 2 nitrogen and oxygen atoms in total. The summed E-state index contributed by atoms with van der Waals surface area (Å²) < 4.78 is 0. The van der Waals surface area contributed by atoms with Gasteiger partial charge in [0.25, 0.3) is 0 Å². The molecule has 0 spiro atoms. The van der Waals surface area contributed by atoms with E-state index in [1.807, 2.05) is 19.1 Å². The fourth-order valence-electron chi connectivity index (χ4n) is 2.42. The van der Waals surface area contributed by atoms with Crippen molar-refractivity contribution in [2.24, 2.45) is 5.92 Å². The molecule has 3 heteroatoms.